The van der Waals surface area contributed by atoms with Crippen LogP contribution in [0.3, 0.4) is 0 Å². The molecule has 0 amide bonds. The summed E-state index contributed by atoms with van der Waals surface area (Å²) in [4.78, 5) is 2.42. The molecule has 0 aliphatic carbocycles. The van der Waals surface area contributed by atoms with Crippen LogP contribution in [0, 0.1) is 0 Å². The van der Waals surface area contributed by atoms with E-state index in [-0.39, 0.29) is 12.0 Å². The highest BCUT2D eigenvalue weighted by Gasteiger charge is 2.22. The molecule has 3 nitrogen and oxygen atoms in total. The molecule has 1 aromatic carbocycles. The van der Waals surface area contributed by atoms with E-state index in [1.807, 2.05) is 0 Å². The highest BCUT2D eigenvalue weighted by atomic mass is 16.3. The Labute approximate surface area is 116 Å². The van der Waals surface area contributed by atoms with Crippen molar-refractivity contribution in [3.05, 3.63) is 29.8 Å². The van der Waals surface area contributed by atoms with E-state index >= 15 is 0 Å². The topological polar surface area (TPSA) is 35.5 Å². The minimum Gasteiger partial charge on any atom is -0.395 e. The van der Waals surface area contributed by atoms with Crippen molar-refractivity contribution < 1.29 is 5.11 Å². The summed E-state index contributed by atoms with van der Waals surface area (Å²) in [5, 5.41) is 12.2. The summed E-state index contributed by atoms with van der Waals surface area (Å²) in [6.45, 7) is 9.77. The molecular formula is C16H26N2O. The first-order chi connectivity index (χ1) is 9.00. The number of anilines is 1. The molecule has 1 aliphatic heterocycles. The van der Waals surface area contributed by atoms with E-state index in [0.717, 1.165) is 19.5 Å². The third-order valence-corrected chi connectivity index (χ3v) is 3.83. The van der Waals surface area contributed by atoms with Crippen LogP contribution in [0.1, 0.15) is 32.8 Å². The molecule has 0 bridgehead atoms. The summed E-state index contributed by atoms with van der Waals surface area (Å²) in [6, 6.07) is 9.45. The molecule has 0 spiro atoms. The maximum atomic E-state index is 8.84. The Morgan fingerprint density at radius 2 is 1.95 bits per heavy atom. The van der Waals surface area contributed by atoms with Gasteiger partial charge in [0.15, 0.2) is 0 Å². The van der Waals surface area contributed by atoms with Crippen LogP contribution in [0.15, 0.2) is 24.3 Å². The second kappa shape index (κ2) is 5.93. The van der Waals surface area contributed by atoms with Crippen LogP contribution in [0.5, 0.6) is 0 Å². The van der Waals surface area contributed by atoms with Gasteiger partial charge in [0.25, 0.3) is 0 Å². The van der Waals surface area contributed by atoms with Crippen molar-refractivity contribution in [2.75, 3.05) is 31.1 Å². The van der Waals surface area contributed by atoms with E-state index in [1.54, 1.807) is 0 Å². The lowest BCUT2D eigenvalue weighted by atomic mass is 9.87. The number of aliphatic hydroxyl groups excluding tert-OH is 1. The summed E-state index contributed by atoms with van der Waals surface area (Å²) >= 11 is 0. The maximum absolute atomic E-state index is 8.84. The molecule has 0 radical (unpaired) electrons. The molecule has 106 valence electrons. The van der Waals surface area contributed by atoms with E-state index in [2.05, 4.69) is 55.3 Å². The smallest absolute Gasteiger partial charge is 0.0556 e. The molecule has 1 unspecified atom stereocenters. The van der Waals surface area contributed by atoms with Crippen LogP contribution in [0.2, 0.25) is 0 Å². The van der Waals surface area contributed by atoms with Gasteiger partial charge in [0, 0.05) is 31.4 Å². The number of hydrogen-bond donors (Lipinski definition) is 2. The normalized spacial score (nSPS) is 20.0. The molecule has 1 atom stereocenters. The largest absolute Gasteiger partial charge is 0.395 e. The van der Waals surface area contributed by atoms with Gasteiger partial charge in [0.1, 0.15) is 0 Å². The van der Waals surface area contributed by atoms with Crippen LogP contribution in [0.25, 0.3) is 0 Å². The number of hydrogen-bond acceptors (Lipinski definition) is 3. The molecule has 1 heterocycles. The zero-order valence-corrected chi connectivity index (χ0v) is 12.3. The first kappa shape index (κ1) is 14.4. The van der Waals surface area contributed by atoms with E-state index in [0.29, 0.717) is 12.6 Å². The van der Waals surface area contributed by atoms with E-state index < -0.39 is 0 Å². The van der Waals surface area contributed by atoms with Gasteiger partial charge in [-0.2, -0.15) is 0 Å². The maximum Gasteiger partial charge on any atom is 0.0556 e. The Kier molecular flexibility index (Phi) is 4.48. The fourth-order valence-electron chi connectivity index (χ4n) is 2.60. The van der Waals surface area contributed by atoms with Crippen LogP contribution in [0.4, 0.5) is 5.69 Å². The molecule has 1 aromatic rings. The molecule has 3 heteroatoms. The molecule has 0 saturated carbocycles. The molecule has 1 saturated heterocycles. The zero-order valence-electron chi connectivity index (χ0n) is 12.3. The molecule has 2 rings (SSSR count). The van der Waals surface area contributed by atoms with Gasteiger partial charge in [-0.25, -0.2) is 0 Å². The molecule has 1 aliphatic rings. The van der Waals surface area contributed by atoms with Crippen LogP contribution < -0.4 is 10.2 Å². The fourth-order valence-corrected chi connectivity index (χ4v) is 2.60. The standard InChI is InChI=1S/C16H26N2O/c1-16(2,3)13-4-6-15(7-5-13)18-10-8-14(12-18)17-9-11-19/h4-7,14,17,19H,8-12H2,1-3H3. The Balaban J connectivity index is 1.96. The number of benzene rings is 1. The van der Waals surface area contributed by atoms with Gasteiger partial charge in [-0.1, -0.05) is 32.9 Å². The molecule has 2 N–H and O–H groups in total. The Bertz CT molecular complexity index is 394. The highest BCUT2D eigenvalue weighted by molar-refractivity contribution is 5.49. The second-order valence-electron chi connectivity index (χ2n) is 6.41. The lowest BCUT2D eigenvalue weighted by molar-refractivity contribution is 0.286. The van der Waals surface area contributed by atoms with Crippen LogP contribution in [-0.2, 0) is 5.41 Å². The van der Waals surface area contributed by atoms with E-state index in [4.69, 9.17) is 5.11 Å². The Hall–Kier alpha value is -1.06. The molecule has 19 heavy (non-hydrogen) atoms. The summed E-state index contributed by atoms with van der Waals surface area (Å²) in [6.07, 6.45) is 1.15. The molecule has 1 fully saturated rings. The lowest BCUT2D eigenvalue weighted by Crippen LogP contribution is -2.34. The monoisotopic (exact) mass is 262 g/mol. The predicted molar refractivity (Wildman–Crippen MR) is 80.8 cm³/mol. The van der Waals surface area contributed by atoms with E-state index in [9.17, 15) is 0 Å². The van der Waals surface area contributed by atoms with E-state index in [1.165, 1.54) is 11.3 Å². The fraction of sp³-hybridized carbons (Fsp3) is 0.625. The summed E-state index contributed by atoms with van der Waals surface area (Å²) in [7, 11) is 0. The van der Waals surface area contributed by atoms with Gasteiger partial charge in [-0.05, 0) is 29.5 Å². The first-order valence-electron chi connectivity index (χ1n) is 7.20. The third-order valence-electron chi connectivity index (χ3n) is 3.83. The van der Waals surface area contributed by atoms with Crippen LogP contribution >= 0.6 is 0 Å². The minimum atomic E-state index is 0.217. The van der Waals surface area contributed by atoms with Gasteiger partial charge in [-0.3, -0.25) is 0 Å². The van der Waals surface area contributed by atoms with Gasteiger partial charge < -0.3 is 15.3 Å². The van der Waals surface area contributed by atoms with Gasteiger partial charge in [0.2, 0.25) is 0 Å². The van der Waals surface area contributed by atoms with Gasteiger partial charge in [-0.15, -0.1) is 0 Å². The molecule has 0 aromatic heterocycles. The van der Waals surface area contributed by atoms with Crippen molar-refractivity contribution in [2.45, 2.75) is 38.6 Å². The Morgan fingerprint density at radius 1 is 1.26 bits per heavy atom. The predicted octanol–water partition coefficient (Wildman–Crippen LogP) is 2.14. The number of nitrogens with zero attached hydrogens (tertiary/aromatic N) is 1. The SMILES string of the molecule is CC(C)(C)c1ccc(N2CCC(NCCO)C2)cc1. The first-order valence-corrected chi connectivity index (χ1v) is 7.20. The van der Waals surface area contributed by atoms with Crippen molar-refractivity contribution in [1.29, 1.82) is 0 Å². The Morgan fingerprint density at radius 3 is 2.53 bits per heavy atom. The number of aliphatic hydroxyl groups is 1. The number of rotatable bonds is 4. The summed E-state index contributed by atoms with van der Waals surface area (Å²) in [5.41, 5.74) is 2.90. The average molecular weight is 262 g/mol. The van der Waals surface area contributed by atoms with Crippen molar-refractivity contribution in [3.63, 3.8) is 0 Å². The summed E-state index contributed by atoms with van der Waals surface area (Å²) < 4.78 is 0. The quantitative estimate of drug-likeness (QED) is 0.872. The average Bonchev–Trinajstić information content (AvgIpc) is 2.84. The zero-order chi connectivity index (χ0) is 13.9. The van der Waals surface area contributed by atoms with Gasteiger partial charge >= 0.3 is 0 Å². The van der Waals surface area contributed by atoms with Crippen molar-refractivity contribution in [1.82, 2.24) is 5.32 Å². The van der Waals surface area contributed by atoms with Crippen LogP contribution in [-0.4, -0.2) is 37.4 Å². The van der Waals surface area contributed by atoms with Crippen molar-refractivity contribution >= 4 is 5.69 Å². The second-order valence-corrected chi connectivity index (χ2v) is 6.41. The summed E-state index contributed by atoms with van der Waals surface area (Å²) in [5.74, 6) is 0. The van der Waals surface area contributed by atoms with Crippen molar-refractivity contribution in [3.8, 4) is 0 Å². The number of nitrogens with one attached hydrogen (secondary N) is 1. The van der Waals surface area contributed by atoms with Crippen molar-refractivity contribution in [2.24, 2.45) is 0 Å². The minimum absolute atomic E-state index is 0.217. The lowest BCUT2D eigenvalue weighted by Gasteiger charge is -2.22. The highest BCUT2D eigenvalue weighted by Crippen LogP contribution is 2.26. The third kappa shape index (κ3) is 3.71. The van der Waals surface area contributed by atoms with Gasteiger partial charge in [0.05, 0.1) is 6.61 Å². The molecular weight excluding hydrogens is 236 g/mol.